The lowest BCUT2D eigenvalue weighted by Gasteiger charge is -1.90. The standard InChI is InChI=1S/C7H5ClN4/c8-6-2-1-3-7(4-6)11-12-10-5-9/h1-4H,(H,10,11). The van der Waals surface area contributed by atoms with Crippen molar-refractivity contribution in [1.82, 2.24) is 5.43 Å². The number of rotatable bonds is 2. The molecule has 0 saturated carbocycles. The Balaban J connectivity index is 2.71. The molecule has 0 saturated heterocycles. The second-order valence-electron chi connectivity index (χ2n) is 1.90. The summed E-state index contributed by atoms with van der Waals surface area (Å²) in [5, 5.41) is 15.7. The van der Waals surface area contributed by atoms with Crippen LogP contribution < -0.4 is 5.43 Å². The maximum atomic E-state index is 8.06. The average Bonchev–Trinajstić information content (AvgIpc) is 2.05. The van der Waals surface area contributed by atoms with Gasteiger partial charge in [0.1, 0.15) is 0 Å². The Hall–Kier alpha value is -1.60. The Labute approximate surface area is 74.5 Å². The van der Waals surface area contributed by atoms with Crippen molar-refractivity contribution >= 4 is 17.3 Å². The first-order valence-electron chi connectivity index (χ1n) is 3.13. The highest BCUT2D eigenvalue weighted by molar-refractivity contribution is 6.30. The van der Waals surface area contributed by atoms with Gasteiger partial charge in [0.05, 0.1) is 5.69 Å². The van der Waals surface area contributed by atoms with E-state index in [0.717, 1.165) is 0 Å². The Morgan fingerprint density at radius 2 is 2.33 bits per heavy atom. The molecule has 0 atom stereocenters. The zero-order valence-corrected chi connectivity index (χ0v) is 6.78. The quantitative estimate of drug-likeness (QED) is 0.329. The first kappa shape index (κ1) is 8.50. The number of halogens is 1. The van der Waals surface area contributed by atoms with E-state index in [1.165, 1.54) is 0 Å². The molecule has 0 aliphatic rings. The third-order valence-electron chi connectivity index (χ3n) is 1.07. The van der Waals surface area contributed by atoms with Crippen molar-refractivity contribution < 1.29 is 0 Å². The highest BCUT2D eigenvalue weighted by atomic mass is 35.5. The lowest BCUT2D eigenvalue weighted by atomic mass is 10.3. The van der Waals surface area contributed by atoms with E-state index in [-0.39, 0.29) is 0 Å². The molecule has 0 radical (unpaired) electrons. The van der Waals surface area contributed by atoms with Crippen molar-refractivity contribution in [3.63, 3.8) is 0 Å². The van der Waals surface area contributed by atoms with Gasteiger partial charge in [0.2, 0.25) is 0 Å². The van der Waals surface area contributed by atoms with E-state index in [1.807, 2.05) is 5.43 Å². The number of benzene rings is 1. The van der Waals surface area contributed by atoms with Crippen molar-refractivity contribution in [1.29, 1.82) is 5.26 Å². The van der Waals surface area contributed by atoms with Crippen LogP contribution in [0.5, 0.6) is 0 Å². The summed E-state index contributed by atoms with van der Waals surface area (Å²) in [5.41, 5.74) is 2.64. The van der Waals surface area contributed by atoms with Gasteiger partial charge in [0.25, 0.3) is 0 Å². The van der Waals surface area contributed by atoms with Crippen LogP contribution in [-0.4, -0.2) is 0 Å². The van der Waals surface area contributed by atoms with Gasteiger partial charge in [-0.25, -0.2) is 0 Å². The van der Waals surface area contributed by atoms with Crippen molar-refractivity contribution in [3.8, 4) is 6.19 Å². The van der Waals surface area contributed by atoms with Gasteiger partial charge in [-0.15, -0.1) is 5.11 Å². The lowest BCUT2D eigenvalue weighted by molar-refractivity contribution is 0.887. The number of nitrogens with one attached hydrogen (secondary N) is 1. The van der Waals surface area contributed by atoms with E-state index >= 15 is 0 Å². The lowest BCUT2D eigenvalue weighted by Crippen LogP contribution is -1.88. The van der Waals surface area contributed by atoms with Crippen LogP contribution in [0.15, 0.2) is 34.6 Å². The summed E-state index contributed by atoms with van der Waals surface area (Å²) in [6.07, 6.45) is 1.61. The molecule has 0 fully saturated rings. The summed E-state index contributed by atoms with van der Waals surface area (Å²) < 4.78 is 0. The van der Waals surface area contributed by atoms with Crippen LogP contribution in [-0.2, 0) is 0 Å². The SMILES string of the molecule is N#CNN=Nc1cccc(Cl)c1. The molecule has 12 heavy (non-hydrogen) atoms. The van der Waals surface area contributed by atoms with E-state index in [1.54, 1.807) is 30.5 Å². The van der Waals surface area contributed by atoms with E-state index < -0.39 is 0 Å². The van der Waals surface area contributed by atoms with Crippen LogP contribution in [0.2, 0.25) is 5.02 Å². The molecule has 1 rings (SSSR count). The molecule has 5 heteroatoms. The molecule has 0 aromatic heterocycles. The molecule has 60 valence electrons. The van der Waals surface area contributed by atoms with Gasteiger partial charge >= 0.3 is 0 Å². The van der Waals surface area contributed by atoms with Crippen LogP contribution in [0, 0.1) is 11.5 Å². The molecule has 0 aliphatic carbocycles. The van der Waals surface area contributed by atoms with Crippen LogP contribution in [0.3, 0.4) is 0 Å². The van der Waals surface area contributed by atoms with Gasteiger partial charge in [-0.2, -0.15) is 10.7 Å². The average molecular weight is 181 g/mol. The fourth-order valence-corrected chi connectivity index (χ4v) is 0.828. The maximum absolute atomic E-state index is 8.06. The number of hydrogen-bond acceptors (Lipinski definition) is 3. The van der Waals surface area contributed by atoms with Crippen molar-refractivity contribution in [2.45, 2.75) is 0 Å². The Kier molecular flexibility index (Phi) is 3.05. The highest BCUT2D eigenvalue weighted by Crippen LogP contribution is 2.17. The molecular formula is C7H5ClN4. The van der Waals surface area contributed by atoms with Gasteiger partial charge in [0.15, 0.2) is 6.19 Å². The largest absolute Gasteiger partial charge is 0.200 e. The minimum atomic E-state index is 0.586. The maximum Gasteiger partial charge on any atom is 0.200 e. The third-order valence-corrected chi connectivity index (χ3v) is 1.31. The summed E-state index contributed by atoms with van der Waals surface area (Å²) >= 11 is 5.67. The van der Waals surface area contributed by atoms with E-state index in [2.05, 4.69) is 10.3 Å². The molecule has 0 heterocycles. The molecule has 4 nitrogen and oxygen atoms in total. The molecule has 0 aliphatic heterocycles. The number of nitrogens with zero attached hydrogens (tertiary/aromatic N) is 3. The monoisotopic (exact) mass is 180 g/mol. The second-order valence-corrected chi connectivity index (χ2v) is 2.34. The molecule has 0 spiro atoms. The number of nitriles is 1. The predicted octanol–water partition coefficient (Wildman–Crippen LogP) is 2.41. The summed E-state index contributed by atoms with van der Waals surface area (Å²) in [7, 11) is 0. The van der Waals surface area contributed by atoms with Gasteiger partial charge in [-0.1, -0.05) is 22.9 Å². The van der Waals surface area contributed by atoms with Crippen molar-refractivity contribution in [2.75, 3.05) is 0 Å². The fraction of sp³-hybridized carbons (Fsp3) is 0. The smallest absolute Gasteiger partial charge is 0.194 e. The molecule has 1 aromatic rings. The van der Waals surface area contributed by atoms with Gasteiger partial charge in [0, 0.05) is 5.02 Å². The van der Waals surface area contributed by atoms with Crippen molar-refractivity contribution in [2.24, 2.45) is 10.3 Å². The Bertz CT molecular complexity index is 328. The van der Waals surface area contributed by atoms with E-state index in [4.69, 9.17) is 16.9 Å². The normalized spacial score (nSPS) is 9.67. The summed E-state index contributed by atoms with van der Waals surface area (Å²) in [6, 6.07) is 6.86. The predicted molar refractivity (Wildman–Crippen MR) is 44.7 cm³/mol. The van der Waals surface area contributed by atoms with Crippen molar-refractivity contribution in [3.05, 3.63) is 29.3 Å². The first-order valence-corrected chi connectivity index (χ1v) is 3.51. The Morgan fingerprint density at radius 1 is 1.50 bits per heavy atom. The van der Waals surface area contributed by atoms with Crippen LogP contribution in [0.4, 0.5) is 5.69 Å². The molecule has 0 unspecified atom stereocenters. The molecular weight excluding hydrogens is 176 g/mol. The first-order chi connectivity index (χ1) is 5.83. The molecule has 1 N–H and O–H groups in total. The summed E-state index contributed by atoms with van der Waals surface area (Å²) in [5.74, 6) is 0. The zero-order chi connectivity index (χ0) is 8.81. The van der Waals surface area contributed by atoms with Gasteiger partial charge in [-0.3, -0.25) is 0 Å². The minimum Gasteiger partial charge on any atom is -0.194 e. The summed E-state index contributed by atoms with van der Waals surface area (Å²) in [6.45, 7) is 0. The van der Waals surface area contributed by atoms with Gasteiger partial charge < -0.3 is 0 Å². The topological polar surface area (TPSA) is 60.5 Å². The number of hydrogen-bond donors (Lipinski definition) is 1. The Morgan fingerprint density at radius 3 is 3.00 bits per heavy atom. The van der Waals surface area contributed by atoms with Crippen LogP contribution >= 0.6 is 11.6 Å². The third kappa shape index (κ3) is 2.56. The highest BCUT2D eigenvalue weighted by Gasteiger charge is 1.89. The van der Waals surface area contributed by atoms with Gasteiger partial charge in [-0.05, 0) is 18.2 Å². The second kappa shape index (κ2) is 4.31. The van der Waals surface area contributed by atoms with Crippen LogP contribution in [0.1, 0.15) is 0 Å². The van der Waals surface area contributed by atoms with Crippen LogP contribution in [0.25, 0.3) is 0 Å². The summed E-state index contributed by atoms with van der Waals surface area (Å²) in [4.78, 5) is 0. The molecule has 0 amide bonds. The van der Waals surface area contributed by atoms with E-state index in [0.29, 0.717) is 10.7 Å². The molecule has 0 bridgehead atoms. The minimum absolute atomic E-state index is 0.586. The fourth-order valence-electron chi connectivity index (χ4n) is 0.643. The molecule has 1 aromatic carbocycles. The van der Waals surface area contributed by atoms with E-state index in [9.17, 15) is 0 Å². The zero-order valence-electron chi connectivity index (χ0n) is 6.03.